The molecule has 0 atom stereocenters. The first-order valence-corrected chi connectivity index (χ1v) is 11.8. The van der Waals surface area contributed by atoms with E-state index in [1.54, 1.807) is 0 Å². The lowest BCUT2D eigenvalue weighted by Crippen LogP contribution is -2.27. The topological polar surface area (TPSA) is 27.7 Å². The van der Waals surface area contributed by atoms with Crippen molar-refractivity contribution in [3.8, 4) is 16.9 Å². The zero-order valence-electron chi connectivity index (χ0n) is 20.1. The largest absolute Gasteiger partial charge is 0.429 e. The van der Waals surface area contributed by atoms with Crippen LogP contribution in [0.2, 0.25) is 0 Å². The number of rotatable bonds is 8. The number of benzene rings is 3. The molecule has 1 aliphatic rings. The van der Waals surface area contributed by atoms with Crippen LogP contribution in [0.25, 0.3) is 17.2 Å². The van der Waals surface area contributed by atoms with Gasteiger partial charge in [-0.2, -0.15) is 8.78 Å². The molecule has 0 aliphatic carbocycles. The molecular formula is C28H23F7O3. The van der Waals surface area contributed by atoms with Crippen LogP contribution in [0.15, 0.2) is 54.6 Å². The van der Waals surface area contributed by atoms with Crippen molar-refractivity contribution in [1.82, 2.24) is 0 Å². The molecule has 1 fully saturated rings. The highest BCUT2D eigenvalue weighted by molar-refractivity contribution is 5.65. The van der Waals surface area contributed by atoms with Crippen molar-refractivity contribution in [2.45, 2.75) is 32.2 Å². The summed E-state index contributed by atoms with van der Waals surface area (Å²) in [6.45, 7) is 3.01. The Kier molecular flexibility index (Phi) is 8.42. The lowest BCUT2D eigenvalue weighted by Gasteiger charge is -2.29. The van der Waals surface area contributed by atoms with E-state index in [0.29, 0.717) is 43.1 Å². The van der Waals surface area contributed by atoms with Crippen molar-refractivity contribution < 1.29 is 44.9 Å². The molecule has 1 aliphatic heterocycles. The Morgan fingerprint density at radius 3 is 2.16 bits per heavy atom. The van der Waals surface area contributed by atoms with Gasteiger partial charge in [0.05, 0.1) is 13.2 Å². The molecule has 0 N–H and O–H groups in total. The van der Waals surface area contributed by atoms with E-state index in [2.05, 4.69) is 11.7 Å². The van der Waals surface area contributed by atoms with E-state index in [9.17, 15) is 30.7 Å². The Bertz CT molecular complexity index is 1290. The lowest BCUT2D eigenvalue weighted by molar-refractivity contribution is -0.206. The van der Waals surface area contributed by atoms with E-state index in [4.69, 9.17) is 9.47 Å². The minimum atomic E-state index is -3.96. The molecule has 0 unspecified atom stereocenters. The minimum Gasteiger partial charge on any atom is -0.429 e. The fourth-order valence-electron chi connectivity index (χ4n) is 4.02. The normalized spacial score (nSPS) is 18.2. The highest BCUT2D eigenvalue weighted by Gasteiger charge is 2.29. The lowest BCUT2D eigenvalue weighted by atomic mass is 10.0. The van der Waals surface area contributed by atoms with Crippen LogP contribution in [0.5, 0.6) is 5.75 Å². The number of alkyl halides is 2. The average molecular weight is 540 g/mol. The van der Waals surface area contributed by atoms with Gasteiger partial charge in [0.15, 0.2) is 23.7 Å². The molecule has 10 heteroatoms. The Balaban J connectivity index is 1.43. The monoisotopic (exact) mass is 540 g/mol. The van der Waals surface area contributed by atoms with Gasteiger partial charge in [0.25, 0.3) is 0 Å². The number of ether oxygens (including phenoxy) is 3. The van der Waals surface area contributed by atoms with E-state index in [1.807, 2.05) is 0 Å². The standard InChI is InChI=1S/C28H23F7O3/c1-2-3-16-14-36-27(37-15-16)18-5-4-17(22(29)10-18)8-9-28(34,35)38-20-6-7-21(23(30)13-20)19-11-24(31)26(33)25(32)12-19/h4-13,16,27H,2-3,14-15H2,1H3. The van der Waals surface area contributed by atoms with Crippen molar-refractivity contribution in [3.63, 3.8) is 0 Å². The van der Waals surface area contributed by atoms with Crippen LogP contribution in [0.4, 0.5) is 30.7 Å². The van der Waals surface area contributed by atoms with Gasteiger partial charge in [-0.3, -0.25) is 0 Å². The Labute approximate surface area is 214 Å². The molecule has 3 nitrogen and oxygen atoms in total. The first kappa shape index (κ1) is 27.7. The summed E-state index contributed by atoms with van der Waals surface area (Å²) < 4.78 is 114. The summed E-state index contributed by atoms with van der Waals surface area (Å²) in [5.41, 5.74) is -0.434. The number of hydrogen-bond donors (Lipinski definition) is 0. The molecule has 0 saturated carbocycles. The van der Waals surface area contributed by atoms with Crippen LogP contribution in [0.3, 0.4) is 0 Å². The van der Waals surface area contributed by atoms with Crippen molar-refractivity contribution in [2.75, 3.05) is 13.2 Å². The molecule has 0 amide bonds. The first-order chi connectivity index (χ1) is 18.1. The van der Waals surface area contributed by atoms with E-state index in [0.717, 1.165) is 37.1 Å². The van der Waals surface area contributed by atoms with E-state index < -0.39 is 47.2 Å². The van der Waals surface area contributed by atoms with Crippen LogP contribution >= 0.6 is 0 Å². The number of hydrogen-bond acceptors (Lipinski definition) is 3. The van der Waals surface area contributed by atoms with Crippen LogP contribution in [0.1, 0.15) is 37.2 Å². The second kappa shape index (κ2) is 11.6. The summed E-state index contributed by atoms with van der Waals surface area (Å²) in [5.74, 6) is -7.04. The second-order valence-corrected chi connectivity index (χ2v) is 8.83. The van der Waals surface area contributed by atoms with Gasteiger partial charge in [-0.05, 0) is 48.4 Å². The van der Waals surface area contributed by atoms with Gasteiger partial charge in [-0.25, -0.2) is 22.0 Å². The van der Waals surface area contributed by atoms with Crippen LogP contribution in [-0.2, 0) is 9.47 Å². The average Bonchev–Trinajstić information content (AvgIpc) is 2.87. The van der Waals surface area contributed by atoms with Crippen molar-refractivity contribution in [3.05, 3.63) is 94.8 Å². The molecule has 1 heterocycles. The predicted molar refractivity (Wildman–Crippen MR) is 126 cm³/mol. The van der Waals surface area contributed by atoms with E-state index in [-0.39, 0.29) is 22.6 Å². The Morgan fingerprint density at radius 2 is 1.55 bits per heavy atom. The fraction of sp³-hybridized carbons (Fsp3) is 0.286. The molecule has 3 aromatic rings. The van der Waals surface area contributed by atoms with Crippen molar-refractivity contribution in [1.29, 1.82) is 0 Å². The molecule has 0 aromatic heterocycles. The molecule has 38 heavy (non-hydrogen) atoms. The molecule has 3 aromatic carbocycles. The Morgan fingerprint density at radius 1 is 0.868 bits per heavy atom. The van der Waals surface area contributed by atoms with Gasteiger partial charge < -0.3 is 14.2 Å². The van der Waals surface area contributed by atoms with Crippen LogP contribution in [-0.4, -0.2) is 19.3 Å². The summed E-state index contributed by atoms with van der Waals surface area (Å²) in [4.78, 5) is 0. The maximum absolute atomic E-state index is 14.6. The smallest absolute Gasteiger partial charge is 0.419 e. The highest BCUT2D eigenvalue weighted by atomic mass is 19.3. The third kappa shape index (κ3) is 6.54. The SMILES string of the molecule is CCCC1COC(c2ccc(C=CC(F)(F)Oc3ccc(-c4cc(F)c(F)c(F)c4)c(F)c3)c(F)c2)OC1. The van der Waals surface area contributed by atoms with Gasteiger partial charge in [-0.15, -0.1) is 0 Å². The maximum atomic E-state index is 14.6. The summed E-state index contributed by atoms with van der Waals surface area (Å²) in [6, 6.07) is 7.56. The highest BCUT2D eigenvalue weighted by Crippen LogP contribution is 2.32. The van der Waals surface area contributed by atoms with Gasteiger partial charge >= 0.3 is 6.11 Å². The quantitative estimate of drug-likeness (QED) is 0.213. The summed E-state index contributed by atoms with van der Waals surface area (Å²) in [5, 5.41) is 0. The summed E-state index contributed by atoms with van der Waals surface area (Å²) in [7, 11) is 0. The van der Waals surface area contributed by atoms with Gasteiger partial charge in [0.2, 0.25) is 0 Å². The van der Waals surface area contributed by atoms with E-state index >= 15 is 0 Å². The molecule has 0 bridgehead atoms. The molecule has 0 radical (unpaired) electrons. The van der Waals surface area contributed by atoms with Crippen LogP contribution < -0.4 is 4.74 Å². The molecule has 0 spiro atoms. The van der Waals surface area contributed by atoms with Crippen LogP contribution in [0, 0.1) is 35.0 Å². The van der Waals surface area contributed by atoms with Crippen molar-refractivity contribution in [2.24, 2.45) is 5.92 Å². The zero-order chi connectivity index (χ0) is 27.4. The molecular weight excluding hydrogens is 517 g/mol. The zero-order valence-corrected chi connectivity index (χ0v) is 20.1. The fourth-order valence-corrected chi connectivity index (χ4v) is 4.02. The molecule has 202 valence electrons. The number of halogens is 7. The molecule has 4 rings (SSSR count). The third-order valence-electron chi connectivity index (χ3n) is 5.91. The third-order valence-corrected chi connectivity index (χ3v) is 5.91. The molecule has 1 saturated heterocycles. The predicted octanol–water partition coefficient (Wildman–Crippen LogP) is 8.20. The van der Waals surface area contributed by atoms with Gasteiger partial charge in [-0.1, -0.05) is 25.5 Å². The first-order valence-electron chi connectivity index (χ1n) is 11.8. The minimum absolute atomic E-state index is 0.154. The van der Waals surface area contributed by atoms with Gasteiger partial charge in [0, 0.05) is 34.8 Å². The Hall–Kier alpha value is -3.37. The maximum Gasteiger partial charge on any atom is 0.419 e. The van der Waals surface area contributed by atoms with E-state index in [1.165, 1.54) is 12.1 Å². The summed E-state index contributed by atoms with van der Waals surface area (Å²) in [6.07, 6.45) is -1.66. The second-order valence-electron chi connectivity index (χ2n) is 8.83. The van der Waals surface area contributed by atoms with Crippen molar-refractivity contribution >= 4 is 6.08 Å². The van der Waals surface area contributed by atoms with Gasteiger partial charge in [0.1, 0.15) is 17.4 Å². The summed E-state index contributed by atoms with van der Waals surface area (Å²) >= 11 is 0.